The predicted octanol–water partition coefficient (Wildman–Crippen LogP) is 2.12. The van der Waals surface area contributed by atoms with E-state index in [2.05, 4.69) is 39.2 Å². The highest BCUT2D eigenvalue weighted by molar-refractivity contribution is 5.44. The van der Waals surface area contributed by atoms with Gasteiger partial charge in [0.2, 0.25) is 0 Å². The van der Waals surface area contributed by atoms with Crippen LogP contribution in [0.15, 0.2) is 24.5 Å². The van der Waals surface area contributed by atoms with E-state index in [0.29, 0.717) is 12.1 Å². The Morgan fingerprint density at radius 1 is 1.14 bits per heavy atom. The number of nitrogens with one attached hydrogen (secondary N) is 1. The zero-order chi connectivity index (χ0) is 14.5. The molecule has 0 bridgehead atoms. The largest absolute Gasteiger partial charge is 0.371 e. The summed E-state index contributed by atoms with van der Waals surface area (Å²) in [5, 5.41) is 3.84. The summed E-state index contributed by atoms with van der Waals surface area (Å²) >= 11 is 0. The molecule has 3 rings (SSSR count). The maximum atomic E-state index is 4.10. The van der Waals surface area contributed by atoms with E-state index in [-0.39, 0.29) is 0 Å². The zero-order valence-electron chi connectivity index (χ0n) is 13.2. The summed E-state index contributed by atoms with van der Waals surface area (Å²) < 4.78 is 0. The average molecular weight is 288 g/mol. The number of rotatable bonds is 5. The Labute approximate surface area is 128 Å². The Bertz CT molecular complexity index is 408. The second-order valence-corrected chi connectivity index (χ2v) is 6.54. The molecule has 1 atom stereocenters. The molecule has 2 fully saturated rings. The number of hydrogen-bond donors (Lipinski definition) is 1. The lowest BCUT2D eigenvalue weighted by atomic mass is 10.0. The summed E-state index contributed by atoms with van der Waals surface area (Å²) in [6, 6.07) is 5.52. The van der Waals surface area contributed by atoms with Crippen molar-refractivity contribution in [3.05, 3.63) is 24.5 Å². The molecule has 116 valence electrons. The van der Waals surface area contributed by atoms with Crippen molar-refractivity contribution < 1.29 is 0 Å². The van der Waals surface area contributed by atoms with Gasteiger partial charge in [0.05, 0.1) is 0 Å². The van der Waals surface area contributed by atoms with Gasteiger partial charge in [-0.1, -0.05) is 0 Å². The van der Waals surface area contributed by atoms with E-state index in [1.165, 1.54) is 51.0 Å². The number of hydrogen-bond acceptors (Lipinski definition) is 4. The fourth-order valence-electron chi connectivity index (χ4n) is 3.67. The Kier molecular flexibility index (Phi) is 5.09. The Balaban J connectivity index is 1.41. The van der Waals surface area contributed by atoms with Crippen molar-refractivity contribution in [2.24, 2.45) is 0 Å². The van der Waals surface area contributed by atoms with Gasteiger partial charge in [0.25, 0.3) is 0 Å². The fourth-order valence-corrected chi connectivity index (χ4v) is 3.67. The van der Waals surface area contributed by atoms with Gasteiger partial charge >= 0.3 is 0 Å². The van der Waals surface area contributed by atoms with Crippen molar-refractivity contribution in [1.29, 1.82) is 0 Å². The van der Waals surface area contributed by atoms with E-state index < -0.39 is 0 Å². The van der Waals surface area contributed by atoms with Gasteiger partial charge in [-0.3, -0.25) is 4.98 Å². The lowest BCUT2D eigenvalue weighted by Gasteiger charge is -2.35. The van der Waals surface area contributed by atoms with E-state index in [1.54, 1.807) is 0 Å². The van der Waals surface area contributed by atoms with E-state index in [0.717, 1.165) is 13.1 Å². The maximum Gasteiger partial charge on any atom is 0.0397 e. The molecule has 0 spiro atoms. The van der Waals surface area contributed by atoms with Crippen molar-refractivity contribution in [2.75, 3.05) is 37.6 Å². The van der Waals surface area contributed by atoms with Gasteiger partial charge < -0.3 is 15.1 Å². The zero-order valence-corrected chi connectivity index (χ0v) is 13.2. The molecule has 0 aromatic carbocycles. The molecular formula is C17H28N4. The monoisotopic (exact) mass is 288 g/mol. The van der Waals surface area contributed by atoms with Gasteiger partial charge in [0.1, 0.15) is 0 Å². The molecular weight excluding hydrogens is 260 g/mol. The lowest BCUT2D eigenvalue weighted by molar-refractivity contribution is 0.274. The van der Waals surface area contributed by atoms with E-state index in [4.69, 9.17) is 0 Å². The van der Waals surface area contributed by atoms with Crippen LogP contribution in [0.3, 0.4) is 0 Å². The molecule has 4 nitrogen and oxygen atoms in total. The summed E-state index contributed by atoms with van der Waals surface area (Å²) in [5.74, 6) is 0. The van der Waals surface area contributed by atoms with Crippen LogP contribution >= 0.6 is 0 Å². The van der Waals surface area contributed by atoms with E-state index in [1.807, 2.05) is 12.4 Å². The van der Waals surface area contributed by atoms with Crippen molar-refractivity contribution in [3.8, 4) is 0 Å². The number of anilines is 1. The number of pyridine rings is 1. The normalized spacial score (nSPS) is 22.6. The van der Waals surface area contributed by atoms with Gasteiger partial charge in [-0.25, -0.2) is 0 Å². The van der Waals surface area contributed by atoms with Crippen LogP contribution in [0.25, 0.3) is 0 Å². The summed E-state index contributed by atoms with van der Waals surface area (Å²) in [6.07, 6.45) is 9.03. The molecule has 1 aromatic rings. The maximum absolute atomic E-state index is 4.10. The molecule has 1 aromatic heterocycles. The second-order valence-electron chi connectivity index (χ2n) is 6.54. The summed E-state index contributed by atoms with van der Waals surface area (Å²) in [6.45, 7) is 8.45. The molecule has 4 heteroatoms. The first-order valence-electron chi connectivity index (χ1n) is 8.44. The summed E-state index contributed by atoms with van der Waals surface area (Å²) in [4.78, 5) is 9.18. The molecule has 21 heavy (non-hydrogen) atoms. The highest BCUT2D eigenvalue weighted by Crippen LogP contribution is 2.19. The summed E-state index contributed by atoms with van der Waals surface area (Å²) in [5.41, 5.74) is 1.31. The third-order valence-corrected chi connectivity index (χ3v) is 4.77. The standard InChI is InChI=1S/C17H28N4/c1-15(14-20-10-2-3-11-20)19-16-6-12-21(13-7-16)17-4-8-18-9-5-17/h4-5,8-9,15-16,19H,2-3,6-7,10-14H2,1H3. The number of nitrogens with zero attached hydrogens (tertiary/aromatic N) is 3. The molecule has 2 saturated heterocycles. The fraction of sp³-hybridized carbons (Fsp3) is 0.706. The molecule has 0 radical (unpaired) electrons. The number of piperidine rings is 1. The molecule has 1 N–H and O–H groups in total. The molecule has 3 heterocycles. The lowest BCUT2D eigenvalue weighted by Crippen LogP contribution is -2.48. The van der Waals surface area contributed by atoms with Gasteiger partial charge in [-0.05, 0) is 57.8 Å². The van der Waals surface area contributed by atoms with Crippen LogP contribution in [0.2, 0.25) is 0 Å². The Morgan fingerprint density at radius 2 is 1.81 bits per heavy atom. The minimum atomic E-state index is 0.612. The molecule has 1 unspecified atom stereocenters. The van der Waals surface area contributed by atoms with Crippen LogP contribution < -0.4 is 10.2 Å². The van der Waals surface area contributed by atoms with Crippen LogP contribution in [0.4, 0.5) is 5.69 Å². The average Bonchev–Trinajstić information content (AvgIpc) is 3.02. The number of aromatic nitrogens is 1. The van der Waals surface area contributed by atoms with Crippen molar-refractivity contribution >= 4 is 5.69 Å². The quantitative estimate of drug-likeness (QED) is 0.899. The van der Waals surface area contributed by atoms with Gasteiger partial charge in [0, 0.05) is 49.8 Å². The van der Waals surface area contributed by atoms with Crippen LogP contribution in [0.1, 0.15) is 32.6 Å². The second kappa shape index (κ2) is 7.23. The predicted molar refractivity (Wildman–Crippen MR) is 87.7 cm³/mol. The Morgan fingerprint density at radius 3 is 2.48 bits per heavy atom. The van der Waals surface area contributed by atoms with Crippen molar-refractivity contribution in [1.82, 2.24) is 15.2 Å². The number of likely N-dealkylation sites (tertiary alicyclic amines) is 1. The molecule has 0 amide bonds. The smallest absolute Gasteiger partial charge is 0.0397 e. The van der Waals surface area contributed by atoms with Crippen LogP contribution in [0, 0.1) is 0 Å². The van der Waals surface area contributed by atoms with Crippen molar-refractivity contribution in [2.45, 2.75) is 44.7 Å². The van der Waals surface area contributed by atoms with Crippen molar-refractivity contribution in [3.63, 3.8) is 0 Å². The van der Waals surface area contributed by atoms with Gasteiger partial charge in [0.15, 0.2) is 0 Å². The molecule has 2 aliphatic heterocycles. The summed E-state index contributed by atoms with van der Waals surface area (Å²) in [7, 11) is 0. The van der Waals surface area contributed by atoms with Gasteiger partial charge in [-0.2, -0.15) is 0 Å². The van der Waals surface area contributed by atoms with Gasteiger partial charge in [-0.15, -0.1) is 0 Å². The minimum Gasteiger partial charge on any atom is -0.371 e. The highest BCUT2D eigenvalue weighted by Gasteiger charge is 2.22. The molecule has 0 aliphatic carbocycles. The topological polar surface area (TPSA) is 31.4 Å². The molecule has 0 saturated carbocycles. The van der Waals surface area contributed by atoms with E-state index >= 15 is 0 Å². The van der Waals surface area contributed by atoms with Crippen LogP contribution in [0.5, 0.6) is 0 Å². The first-order chi connectivity index (χ1) is 10.3. The van der Waals surface area contributed by atoms with E-state index in [9.17, 15) is 0 Å². The SMILES string of the molecule is CC(CN1CCCC1)NC1CCN(c2ccncc2)CC1. The van der Waals surface area contributed by atoms with Crippen LogP contribution in [-0.4, -0.2) is 54.7 Å². The third kappa shape index (κ3) is 4.17. The Hall–Kier alpha value is -1.13. The first-order valence-corrected chi connectivity index (χ1v) is 8.44. The van der Waals surface area contributed by atoms with Crippen LogP contribution in [-0.2, 0) is 0 Å². The third-order valence-electron chi connectivity index (χ3n) is 4.77. The minimum absolute atomic E-state index is 0.612. The molecule has 2 aliphatic rings. The highest BCUT2D eigenvalue weighted by atomic mass is 15.2. The first kappa shape index (κ1) is 14.8.